The minimum absolute atomic E-state index is 0.0685. The predicted molar refractivity (Wildman–Crippen MR) is 130 cm³/mol. The van der Waals surface area contributed by atoms with Crippen LogP contribution in [0.1, 0.15) is 68.2 Å². The Bertz CT molecular complexity index is 1150. The van der Waals surface area contributed by atoms with Crippen molar-refractivity contribution in [1.82, 2.24) is 14.8 Å². The van der Waals surface area contributed by atoms with Gasteiger partial charge in [-0.15, -0.1) is 0 Å². The van der Waals surface area contributed by atoms with E-state index in [1.54, 1.807) is 13.0 Å². The summed E-state index contributed by atoms with van der Waals surface area (Å²) in [5, 5.41) is 6.98. The molecule has 8 heteroatoms. The van der Waals surface area contributed by atoms with Crippen LogP contribution in [0.15, 0.2) is 27.6 Å². The van der Waals surface area contributed by atoms with E-state index in [9.17, 15) is 13.2 Å². The molecule has 1 aliphatic rings. The van der Waals surface area contributed by atoms with Crippen LogP contribution in [0.25, 0.3) is 12.2 Å². The largest absolute Gasteiger partial charge is 0.355 e. The van der Waals surface area contributed by atoms with Gasteiger partial charge in [-0.25, -0.2) is 8.42 Å². The maximum Gasteiger partial charge on any atom is 0.248 e. The average molecular weight is 474 g/mol. The fourth-order valence-electron chi connectivity index (χ4n) is 3.93. The van der Waals surface area contributed by atoms with Crippen LogP contribution in [-0.4, -0.2) is 42.4 Å². The van der Waals surface area contributed by atoms with E-state index in [4.69, 9.17) is 4.52 Å². The SMILES string of the molecule is CCC(C)(C)NC(=O)C1CCCN(S(=O)(=O)c2c(C)noc2C=Cc2cc(C)ccc2C)C1. The maximum absolute atomic E-state index is 13.6. The monoisotopic (exact) mass is 473 g/mol. The average Bonchev–Trinajstić information content (AvgIpc) is 3.15. The Hall–Kier alpha value is -2.45. The topological polar surface area (TPSA) is 92.5 Å². The van der Waals surface area contributed by atoms with Crippen molar-refractivity contribution in [2.24, 2.45) is 5.92 Å². The van der Waals surface area contributed by atoms with E-state index < -0.39 is 10.0 Å². The van der Waals surface area contributed by atoms with E-state index in [1.807, 2.05) is 58.9 Å². The number of nitrogens with zero attached hydrogens (tertiary/aromatic N) is 2. The highest BCUT2D eigenvalue weighted by Gasteiger charge is 2.37. The highest BCUT2D eigenvalue weighted by molar-refractivity contribution is 7.89. The number of carbonyl (C=O) groups excluding carboxylic acids is 1. The Morgan fingerprint density at radius 1 is 1.27 bits per heavy atom. The summed E-state index contributed by atoms with van der Waals surface area (Å²) in [6.07, 6.45) is 5.60. The van der Waals surface area contributed by atoms with Crippen molar-refractivity contribution in [3.8, 4) is 0 Å². The molecule has 2 aromatic rings. The maximum atomic E-state index is 13.6. The normalized spacial score (nSPS) is 18.1. The molecule has 1 fully saturated rings. The molecule has 1 atom stereocenters. The lowest BCUT2D eigenvalue weighted by Gasteiger charge is -2.33. The second-order valence-corrected chi connectivity index (χ2v) is 11.5. The van der Waals surface area contributed by atoms with Gasteiger partial charge in [0.25, 0.3) is 0 Å². The van der Waals surface area contributed by atoms with Crippen molar-refractivity contribution in [3.63, 3.8) is 0 Å². The molecule has 1 unspecified atom stereocenters. The third kappa shape index (κ3) is 5.73. The fourth-order valence-corrected chi connectivity index (χ4v) is 5.71. The molecule has 1 N–H and O–H groups in total. The summed E-state index contributed by atoms with van der Waals surface area (Å²) in [6, 6.07) is 6.09. The van der Waals surface area contributed by atoms with Crippen molar-refractivity contribution in [2.45, 2.75) is 71.2 Å². The van der Waals surface area contributed by atoms with E-state index in [-0.39, 0.29) is 34.6 Å². The first kappa shape index (κ1) is 25.2. The highest BCUT2D eigenvalue weighted by Crippen LogP contribution is 2.30. The summed E-state index contributed by atoms with van der Waals surface area (Å²) < 4.78 is 34.0. The third-order valence-corrected chi connectivity index (χ3v) is 8.40. The molecule has 33 heavy (non-hydrogen) atoms. The molecule has 1 saturated heterocycles. The van der Waals surface area contributed by atoms with Gasteiger partial charge >= 0.3 is 0 Å². The number of piperidine rings is 1. The fraction of sp³-hybridized carbons (Fsp3) is 0.520. The summed E-state index contributed by atoms with van der Waals surface area (Å²) in [6.45, 7) is 12.1. The quantitative estimate of drug-likeness (QED) is 0.640. The number of amides is 1. The molecule has 1 aliphatic heterocycles. The smallest absolute Gasteiger partial charge is 0.248 e. The van der Waals surface area contributed by atoms with Gasteiger partial charge in [0.1, 0.15) is 5.69 Å². The van der Waals surface area contributed by atoms with Crippen LogP contribution < -0.4 is 5.32 Å². The first-order valence-electron chi connectivity index (χ1n) is 11.5. The molecule has 0 spiro atoms. The van der Waals surface area contributed by atoms with Crippen LogP contribution in [0, 0.1) is 26.7 Å². The van der Waals surface area contributed by atoms with E-state index in [2.05, 4.69) is 10.5 Å². The molecule has 3 rings (SSSR count). The minimum Gasteiger partial charge on any atom is -0.355 e. The number of aryl methyl sites for hydroxylation is 3. The molecule has 0 saturated carbocycles. The number of nitrogens with one attached hydrogen (secondary N) is 1. The molecular weight excluding hydrogens is 438 g/mol. The van der Waals surface area contributed by atoms with Crippen LogP contribution in [0.3, 0.4) is 0 Å². The number of rotatable bonds is 7. The van der Waals surface area contributed by atoms with Crippen LogP contribution in [0.5, 0.6) is 0 Å². The lowest BCUT2D eigenvalue weighted by Crippen LogP contribution is -2.50. The van der Waals surface area contributed by atoms with Crippen molar-refractivity contribution < 1.29 is 17.7 Å². The Morgan fingerprint density at radius 3 is 2.70 bits per heavy atom. The van der Waals surface area contributed by atoms with E-state index in [1.165, 1.54) is 4.31 Å². The van der Waals surface area contributed by atoms with Gasteiger partial charge in [-0.2, -0.15) is 4.31 Å². The standard InChI is InChI=1S/C25H35N3O4S/c1-7-25(5,6)26-24(29)21-9-8-14-28(16-21)33(30,31)23-19(4)27-32-22(23)13-12-20-15-17(2)10-11-18(20)3/h10-13,15,21H,7-9,14,16H2,1-6H3,(H,26,29). The molecule has 1 aromatic heterocycles. The number of aromatic nitrogens is 1. The molecule has 180 valence electrons. The number of hydrogen-bond donors (Lipinski definition) is 1. The van der Waals surface area contributed by atoms with Crippen LogP contribution in [0.4, 0.5) is 0 Å². The van der Waals surface area contributed by atoms with Crippen LogP contribution in [0.2, 0.25) is 0 Å². The molecule has 1 aromatic carbocycles. The second kappa shape index (κ2) is 9.81. The summed E-state index contributed by atoms with van der Waals surface area (Å²) in [4.78, 5) is 12.9. The van der Waals surface area contributed by atoms with Gasteiger partial charge in [0, 0.05) is 18.6 Å². The second-order valence-electron chi connectivity index (χ2n) is 9.58. The van der Waals surface area contributed by atoms with Gasteiger partial charge in [-0.05, 0) is 71.1 Å². The van der Waals surface area contributed by atoms with E-state index >= 15 is 0 Å². The molecule has 0 bridgehead atoms. The first-order chi connectivity index (χ1) is 15.4. The zero-order valence-corrected chi connectivity index (χ0v) is 21.3. The number of benzene rings is 1. The van der Waals surface area contributed by atoms with Crippen molar-refractivity contribution in [2.75, 3.05) is 13.1 Å². The number of carbonyl (C=O) groups is 1. The summed E-state index contributed by atoms with van der Waals surface area (Å²) >= 11 is 0. The molecule has 2 heterocycles. The zero-order valence-electron chi connectivity index (χ0n) is 20.4. The van der Waals surface area contributed by atoms with Gasteiger partial charge in [-0.3, -0.25) is 4.79 Å². The van der Waals surface area contributed by atoms with Crippen molar-refractivity contribution in [1.29, 1.82) is 0 Å². The number of hydrogen-bond acceptors (Lipinski definition) is 5. The van der Waals surface area contributed by atoms with Gasteiger partial charge in [0.2, 0.25) is 15.9 Å². The molecule has 0 aliphatic carbocycles. The Labute approximate surface area is 197 Å². The first-order valence-corrected chi connectivity index (χ1v) is 12.9. The van der Waals surface area contributed by atoms with Gasteiger partial charge in [0.05, 0.1) is 5.92 Å². The zero-order chi connectivity index (χ0) is 24.4. The third-order valence-electron chi connectivity index (χ3n) is 6.38. The molecular formula is C25H35N3O4S. The van der Waals surface area contributed by atoms with Gasteiger partial charge in [0.15, 0.2) is 10.7 Å². The van der Waals surface area contributed by atoms with Crippen molar-refractivity contribution in [3.05, 3.63) is 46.3 Å². The summed E-state index contributed by atoms with van der Waals surface area (Å²) in [5.74, 6) is -0.278. The lowest BCUT2D eigenvalue weighted by molar-refractivity contribution is -0.127. The highest BCUT2D eigenvalue weighted by atomic mass is 32.2. The van der Waals surface area contributed by atoms with Gasteiger partial charge in [-0.1, -0.05) is 41.9 Å². The molecule has 1 amide bonds. The summed E-state index contributed by atoms with van der Waals surface area (Å²) in [7, 11) is -3.87. The van der Waals surface area contributed by atoms with Crippen LogP contribution in [-0.2, 0) is 14.8 Å². The predicted octanol–water partition coefficient (Wildman–Crippen LogP) is 4.48. The Balaban J connectivity index is 1.86. The molecule has 0 radical (unpaired) electrons. The lowest BCUT2D eigenvalue weighted by atomic mass is 9.95. The van der Waals surface area contributed by atoms with Crippen LogP contribution >= 0.6 is 0 Å². The Morgan fingerprint density at radius 2 is 2.00 bits per heavy atom. The minimum atomic E-state index is -3.87. The molecule has 7 nitrogen and oxygen atoms in total. The number of sulfonamides is 1. The van der Waals surface area contributed by atoms with E-state index in [0.717, 1.165) is 23.1 Å². The Kier molecular flexibility index (Phi) is 7.49. The van der Waals surface area contributed by atoms with Gasteiger partial charge < -0.3 is 9.84 Å². The van der Waals surface area contributed by atoms with E-state index in [0.29, 0.717) is 25.1 Å². The summed E-state index contributed by atoms with van der Waals surface area (Å²) in [5.41, 5.74) is 3.17. The van der Waals surface area contributed by atoms with Crippen molar-refractivity contribution >= 4 is 28.1 Å².